The van der Waals surface area contributed by atoms with Crippen LogP contribution in [0.25, 0.3) is 0 Å². The summed E-state index contributed by atoms with van der Waals surface area (Å²) in [5.74, 6) is 5.34. The average molecular weight is 179 g/mol. The Balaban J connectivity index is 2.91. The molecule has 1 unspecified atom stereocenters. The van der Waals surface area contributed by atoms with Crippen LogP contribution in [0.3, 0.4) is 0 Å². The number of hydrogen-bond donors (Lipinski definition) is 2. The number of hydrogen-bond acceptors (Lipinski definition) is 3. The topological polar surface area (TPSA) is 73.6 Å². The van der Waals surface area contributed by atoms with E-state index in [2.05, 4.69) is 5.10 Å². The zero-order chi connectivity index (χ0) is 9.68. The van der Waals surface area contributed by atoms with Crippen molar-refractivity contribution in [2.75, 3.05) is 7.11 Å². The maximum absolute atomic E-state index is 5.56. The van der Waals surface area contributed by atoms with Gasteiger partial charge in [-0.25, -0.2) is 0 Å². The summed E-state index contributed by atoms with van der Waals surface area (Å²) < 4.78 is 5.15. The summed E-state index contributed by atoms with van der Waals surface area (Å²) >= 11 is 0. The molecule has 1 aromatic carbocycles. The van der Waals surface area contributed by atoms with Gasteiger partial charge in [0.2, 0.25) is 0 Å². The van der Waals surface area contributed by atoms with E-state index in [1.807, 2.05) is 30.3 Å². The Morgan fingerprint density at radius 3 is 2.46 bits per heavy atom. The molecule has 4 nitrogen and oxygen atoms in total. The van der Waals surface area contributed by atoms with Crippen molar-refractivity contribution in [3.63, 3.8) is 0 Å². The molecule has 0 radical (unpaired) electrons. The van der Waals surface area contributed by atoms with Crippen LogP contribution >= 0.6 is 0 Å². The van der Waals surface area contributed by atoms with E-state index in [1.54, 1.807) is 7.11 Å². The van der Waals surface area contributed by atoms with Gasteiger partial charge in [-0.15, -0.1) is 0 Å². The van der Waals surface area contributed by atoms with E-state index in [9.17, 15) is 0 Å². The van der Waals surface area contributed by atoms with Gasteiger partial charge in [-0.05, 0) is 5.56 Å². The van der Waals surface area contributed by atoms with Crippen molar-refractivity contribution in [3.05, 3.63) is 35.9 Å². The fourth-order valence-corrected chi connectivity index (χ4v) is 1.12. The second-order valence-corrected chi connectivity index (χ2v) is 2.58. The van der Waals surface area contributed by atoms with Crippen LogP contribution in [-0.4, -0.2) is 12.9 Å². The van der Waals surface area contributed by atoms with Crippen molar-refractivity contribution in [2.24, 2.45) is 16.7 Å². The maximum atomic E-state index is 5.56. The van der Waals surface area contributed by atoms with Crippen LogP contribution in [0.5, 0.6) is 0 Å². The summed E-state index contributed by atoms with van der Waals surface area (Å²) in [5, 5.41) is 3.41. The molecular formula is C9H13N3O. The van der Waals surface area contributed by atoms with Gasteiger partial charge in [-0.1, -0.05) is 30.3 Å². The van der Waals surface area contributed by atoms with Gasteiger partial charge in [0.05, 0.1) is 0 Å². The SMILES string of the molecule is COC(/C(N)=N/N)c1ccccc1. The Morgan fingerprint density at radius 2 is 2.00 bits per heavy atom. The molecular weight excluding hydrogens is 166 g/mol. The van der Waals surface area contributed by atoms with Crippen molar-refractivity contribution < 1.29 is 4.74 Å². The zero-order valence-electron chi connectivity index (χ0n) is 7.47. The average Bonchev–Trinajstić information content (AvgIpc) is 2.20. The highest BCUT2D eigenvalue weighted by atomic mass is 16.5. The Bertz CT molecular complexity index is 284. The van der Waals surface area contributed by atoms with Gasteiger partial charge in [0.25, 0.3) is 0 Å². The van der Waals surface area contributed by atoms with E-state index in [0.29, 0.717) is 0 Å². The van der Waals surface area contributed by atoms with Crippen LogP contribution in [0.2, 0.25) is 0 Å². The lowest BCUT2D eigenvalue weighted by atomic mass is 10.1. The largest absolute Gasteiger partial charge is 0.383 e. The molecule has 0 fully saturated rings. The van der Waals surface area contributed by atoms with Crippen LogP contribution < -0.4 is 11.6 Å². The van der Waals surface area contributed by atoms with Crippen LogP contribution in [0.15, 0.2) is 35.4 Å². The normalized spacial score (nSPS) is 14.1. The minimum atomic E-state index is -0.355. The number of ether oxygens (including phenoxy) is 1. The molecule has 0 bridgehead atoms. The van der Waals surface area contributed by atoms with E-state index in [0.717, 1.165) is 5.56 Å². The molecule has 70 valence electrons. The predicted molar refractivity (Wildman–Crippen MR) is 52.0 cm³/mol. The molecule has 13 heavy (non-hydrogen) atoms. The Morgan fingerprint density at radius 1 is 1.38 bits per heavy atom. The second kappa shape index (κ2) is 4.47. The van der Waals surface area contributed by atoms with Gasteiger partial charge >= 0.3 is 0 Å². The number of nitrogens with two attached hydrogens (primary N) is 2. The molecule has 4 heteroatoms. The van der Waals surface area contributed by atoms with Gasteiger partial charge < -0.3 is 16.3 Å². The van der Waals surface area contributed by atoms with Gasteiger partial charge in [0.1, 0.15) is 6.10 Å². The molecule has 0 saturated carbocycles. The standard InChI is InChI=1S/C9H13N3O/c1-13-8(9(10)12-11)7-5-3-2-4-6-7/h2-6,8H,11H2,1H3,(H2,10,12). The number of rotatable bonds is 3. The smallest absolute Gasteiger partial charge is 0.153 e. The molecule has 0 amide bonds. The minimum Gasteiger partial charge on any atom is -0.383 e. The summed E-state index contributed by atoms with van der Waals surface area (Å²) in [6.07, 6.45) is -0.355. The summed E-state index contributed by atoms with van der Waals surface area (Å²) in [5.41, 5.74) is 6.50. The molecule has 1 atom stereocenters. The Kier molecular flexibility index (Phi) is 3.28. The quantitative estimate of drug-likeness (QED) is 0.309. The third-order valence-electron chi connectivity index (χ3n) is 1.76. The number of hydrazone groups is 1. The maximum Gasteiger partial charge on any atom is 0.153 e. The van der Waals surface area contributed by atoms with Crippen molar-refractivity contribution in [1.29, 1.82) is 0 Å². The first-order valence-electron chi connectivity index (χ1n) is 3.90. The minimum absolute atomic E-state index is 0.272. The molecule has 0 aliphatic carbocycles. The number of nitrogens with zero attached hydrogens (tertiary/aromatic N) is 1. The lowest BCUT2D eigenvalue weighted by Crippen LogP contribution is -2.24. The summed E-state index contributed by atoms with van der Waals surface area (Å²) in [6, 6.07) is 9.56. The highest BCUT2D eigenvalue weighted by Crippen LogP contribution is 2.15. The third kappa shape index (κ3) is 2.19. The summed E-state index contributed by atoms with van der Waals surface area (Å²) in [6.45, 7) is 0. The first-order chi connectivity index (χ1) is 6.29. The van der Waals surface area contributed by atoms with E-state index >= 15 is 0 Å². The second-order valence-electron chi connectivity index (χ2n) is 2.58. The summed E-state index contributed by atoms with van der Waals surface area (Å²) in [7, 11) is 1.57. The first-order valence-corrected chi connectivity index (χ1v) is 3.90. The molecule has 0 aliphatic rings. The van der Waals surface area contributed by atoms with Gasteiger partial charge in [0.15, 0.2) is 5.84 Å². The van der Waals surface area contributed by atoms with Crippen molar-refractivity contribution in [1.82, 2.24) is 0 Å². The Hall–Kier alpha value is -1.55. The number of amidine groups is 1. The predicted octanol–water partition coefficient (Wildman–Crippen LogP) is 0.605. The van der Waals surface area contributed by atoms with E-state index in [-0.39, 0.29) is 11.9 Å². The zero-order valence-corrected chi connectivity index (χ0v) is 7.47. The lowest BCUT2D eigenvalue weighted by molar-refractivity contribution is 0.156. The van der Waals surface area contributed by atoms with E-state index < -0.39 is 0 Å². The fraction of sp³-hybridized carbons (Fsp3) is 0.222. The lowest BCUT2D eigenvalue weighted by Gasteiger charge is -2.13. The number of methoxy groups -OCH3 is 1. The van der Waals surface area contributed by atoms with Crippen molar-refractivity contribution in [2.45, 2.75) is 6.10 Å². The van der Waals surface area contributed by atoms with Crippen LogP contribution in [-0.2, 0) is 4.74 Å². The molecule has 0 heterocycles. The van der Waals surface area contributed by atoms with Crippen LogP contribution in [0, 0.1) is 0 Å². The first kappa shape index (κ1) is 9.54. The molecule has 0 aliphatic heterocycles. The molecule has 4 N–H and O–H groups in total. The van der Waals surface area contributed by atoms with Crippen molar-refractivity contribution in [3.8, 4) is 0 Å². The molecule has 0 spiro atoms. The van der Waals surface area contributed by atoms with Gasteiger partial charge in [-0.3, -0.25) is 0 Å². The van der Waals surface area contributed by atoms with Crippen LogP contribution in [0.1, 0.15) is 11.7 Å². The van der Waals surface area contributed by atoms with Gasteiger partial charge in [-0.2, -0.15) is 5.10 Å². The fourth-order valence-electron chi connectivity index (χ4n) is 1.12. The van der Waals surface area contributed by atoms with Gasteiger partial charge in [0, 0.05) is 7.11 Å². The third-order valence-corrected chi connectivity index (χ3v) is 1.76. The number of benzene rings is 1. The van der Waals surface area contributed by atoms with E-state index in [4.69, 9.17) is 16.3 Å². The monoisotopic (exact) mass is 179 g/mol. The van der Waals surface area contributed by atoms with Crippen molar-refractivity contribution >= 4 is 5.84 Å². The molecule has 1 aromatic rings. The Labute approximate surface area is 77.2 Å². The highest BCUT2D eigenvalue weighted by Gasteiger charge is 2.13. The van der Waals surface area contributed by atoms with Crippen LogP contribution in [0.4, 0.5) is 0 Å². The molecule has 0 aromatic heterocycles. The summed E-state index contributed by atoms with van der Waals surface area (Å²) in [4.78, 5) is 0. The highest BCUT2D eigenvalue weighted by molar-refractivity contribution is 5.85. The molecule has 0 saturated heterocycles. The van der Waals surface area contributed by atoms with E-state index in [1.165, 1.54) is 0 Å². The molecule has 1 rings (SSSR count).